The third-order valence-corrected chi connectivity index (χ3v) is 5.24. The summed E-state index contributed by atoms with van der Waals surface area (Å²) in [5.74, 6) is -0.919. The Morgan fingerprint density at radius 2 is 2.11 bits per heavy atom. The molecule has 3 aliphatic rings. The van der Waals surface area contributed by atoms with Crippen molar-refractivity contribution in [3.8, 4) is 0 Å². The molecule has 2 saturated heterocycles. The summed E-state index contributed by atoms with van der Waals surface area (Å²) < 4.78 is 11.8. The number of hydrogen-bond acceptors (Lipinski definition) is 5. The molecular formula is C19H23N3O5. The van der Waals surface area contributed by atoms with Gasteiger partial charge in [-0.2, -0.15) is 0 Å². The van der Waals surface area contributed by atoms with Gasteiger partial charge in [-0.05, 0) is 30.5 Å². The molecule has 1 atom stereocenters. The van der Waals surface area contributed by atoms with Gasteiger partial charge in [-0.25, -0.2) is 4.79 Å². The molecular weight excluding hydrogens is 350 g/mol. The topological polar surface area (TPSA) is 97.0 Å². The van der Waals surface area contributed by atoms with Gasteiger partial charge >= 0.3 is 6.03 Å². The highest BCUT2D eigenvalue weighted by molar-refractivity contribution is 6.02. The maximum atomic E-state index is 12.5. The van der Waals surface area contributed by atoms with E-state index in [1.54, 1.807) is 24.3 Å². The second kappa shape index (κ2) is 7.28. The molecule has 8 nitrogen and oxygen atoms in total. The number of benzene rings is 1. The number of ether oxygens (including phenoxy) is 2. The highest BCUT2D eigenvalue weighted by atomic mass is 16.7. The second-order valence-corrected chi connectivity index (χ2v) is 7.22. The van der Waals surface area contributed by atoms with E-state index in [-0.39, 0.29) is 31.0 Å². The zero-order valence-electron chi connectivity index (χ0n) is 15.0. The van der Waals surface area contributed by atoms with Crippen molar-refractivity contribution in [3.63, 3.8) is 0 Å². The van der Waals surface area contributed by atoms with Crippen LogP contribution in [0.5, 0.6) is 0 Å². The first kappa shape index (κ1) is 17.9. The Morgan fingerprint density at radius 3 is 2.85 bits per heavy atom. The quantitative estimate of drug-likeness (QED) is 0.755. The number of hydrogen-bond donors (Lipinski definition) is 2. The third-order valence-electron chi connectivity index (χ3n) is 5.24. The Morgan fingerprint density at radius 1 is 1.30 bits per heavy atom. The highest BCUT2D eigenvalue weighted by Gasteiger charge is 2.43. The van der Waals surface area contributed by atoms with Crippen LogP contribution in [0.2, 0.25) is 0 Å². The lowest BCUT2D eigenvalue weighted by Gasteiger charge is -2.22. The van der Waals surface area contributed by atoms with Gasteiger partial charge < -0.3 is 20.1 Å². The largest absolute Gasteiger partial charge is 0.349 e. The van der Waals surface area contributed by atoms with E-state index in [4.69, 9.17) is 9.47 Å². The van der Waals surface area contributed by atoms with Crippen LogP contribution in [0.3, 0.4) is 0 Å². The lowest BCUT2D eigenvalue weighted by molar-refractivity contribution is -0.161. The van der Waals surface area contributed by atoms with Crippen LogP contribution in [0.25, 0.3) is 0 Å². The molecule has 27 heavy (non-hydrogen) atoms. The Balaban J connectivity index is 1.32. The van der Waals surface area contributed by atoms with Crippen molar-refractivity contribution in [2.75, 3.05) is 19.7 Å². The molecule has 2 heterocycles. The summed E-state index contributed by atoms with van der Waals surface area (Å²) in [4.78, 5) is 37.0. The summed E-state index contributed by atoms with van der Waals surface area (Å²) in [6.45, 7) is 1.04. The van der Waals surface area contributed by atoms with Gasteiger partial charge in [0.1, 0.15) is 6.10 Å². The predicted octanol–water partition coefficient (Wildman–Crippen LogP) is 1.15. The van der Waals surface area contributed by atoms with Crippen LogP contribution in [0.4, 0.5) is 4.79 Å². The number of carbonyl (C=O) groups excluding carboxylic acids is 3. The molecule has 1 aromatic carbocycles. The van der Waals surface area contributed by atoms with Crippen molar-refractivity contribution in [2.24, 2.45) is 0 Å². The highest BCUT2D eigenvalue weighted by Crippen LogP contribution is 2.38. The number of imide groups is 1. The first-order valence-corrected chi connectivity index (χ1v) is 9.32. The molecule has 1 aliphatic carbocycles. The number of urea groups is 1. The van der Waals surface area contributed by atoms with Gasteiger partial charge in [0, 0.05) is 24.9 Å². The molecule has 4 rings (SSSR count). The molecule has 144 valence electrons. The fourth-order valence-corrected chi connectivity index (χ4v) is 3.81. The molecule has 0 radical (unpaired) electrons. The van der Waals surface area contributed by atoms with E-state index in [0.717, 1.165) is 36.1 Å². The van der Waals surface area contributed by atoms with Crippen molar-refractivity contribution >= 4 is 17.8 Å². The molecule has 0 bridgehead atoms. The summed E-state index contributed by atoms with van der Waals surface area (Å²) in [5, 5.41) is 5.36. The lowest BCUT2D eigenvalue weighted by atomic mass is 10.1. The molecule has 1 spiro atoms. The molecule has 8 heteroatoms. The van der Waals surface area contributed by atoms with E-state index in [1.807, 2.05) is 0 Å². The Bertz CT molecular complexity index is 743. The van der Waals surface area contributed by atoms with Crippen molar-refractivity contribution in [1.29, 1.82) is 0 Å². The monoisotopic (exact) mass is 373 g/mol. The van der Waals surface area contributed by atoms with Crippen LogP contribution >= 0.6 is 0 Å². The van der Waals surface area contributed by atoms with Gasteiger partial charge in [0.25, 0.3) is 5.91 Å². The molecule has 4 amide bonds. The first-order valence-electron chi connectivity index (χ1n) is 9.32. The van der Waals surface area contributed by atoms with Gasteiger partial charge in [-0.3, -0.25) is 14.5 Å². The van der Waals surface area contributed by atoms with Gasteiger partial charge in [-0.1, -0.05) is 12.1 Å². The maximum absolute atomic E-state index is 12.5. The van der Waals surface area contributed by atoms with Crippen LogP contribution in [0.1, 0.15) is 41.6 Å². The first-order chi connectivity index (χ1) is 13.0. The Kier molecular flexibility index (Phi) is 4.84. The number of nitrogens with one attached hydrogen (secondary N) is 2. The van der Waals surface area contributed by atoms with Crippen LogP contribution in [0, 0.1) is 0 Å². The number of rotatable bonds is 5. The van der Waals surface area contributed by atoms with Crippen molar-refractivity contribution < 1.29 is 23.9 Å². The standard InChI is InChI=1S/C19H23N3O5/c23-16-10-21-18(25)22(16)11-13-4-3-5-14(8-13)17(24)20-9-15-12-26-19(27-15)6-1-2-7-19/h3-5,8,15H,1-2,6-7,9-12H2,(H,20,24)(H,21,25). The van der Waals surface area contributed by atoms with Crippen LogP contribution in [0.15, 0.2) is 24.3 Å². The van der Waals surface area contributed by atoms with Gasteiger partial charge in [0.05, 0.1) is 19.7 Å². The second-order valence-electron chi connectivity index (χ2n) is 7.22. The molecule has 3 fully saturated rings. The van der Waals surface area contributed by atoms with Gasteiger partial charge in [0.2, 0.25) is 5.91 Å². The minimum Gasteiger partial charge on any atom is -0.349 e. The number of carbonyl (C=O) groups is 3. The minimum atomic E-state index is -0.432. The fraction of sp³-hybridized carbons (Fsp3) is 0.526. The van der Waals surface area contributed by atoms with Crippen molar-refractivity contribution in [3.05, 3.63) is 35.4 Å². The Hall–Kier alpha value is -2.45. The SMILES string of the molecule is O=C(NCC1COC2(CCCC2)O1)c1cccc(CN2C(=O)CNC2=O)c1. The zero-order chi connectivity index (χ0) is 18.9. The summed E-state index contributed by atoms with van der Waals surface area (Å²) in [7, 11) is 0. The lowest BCUT2D eigenvalue weighted by Crippen LogP contribution is -2.35. The van der Waals surface area contributed by atoms with Crippen LogP contribution < -0.4 is 10.6 Å². The van der Waals surface area contributed by atoms with E-state index in [9.17, 15) is 14.4 Å². The molecule has 2 aliphatic heterocycles. The summed E-state index contributed by atoms with van der Waals surface area (Å²) in [6.07, 6.45) is 3.93. The van der Waals surface area contributed by atoms with Crippen LogP contribution in [-0.2, 0) is 20.8 Å². The van der Waals surface area contributed by atoms with E-state index < -0.39 is 11.8 Å². The summed E-state index contributed by atoms with van der Waals surface area (Å²) in [6, 6.07) is 6.52. The van der Waals surface area contributed by atoms with E-state index >= 15 is 0 Å². The third kappa shape index (κ3) is 3.81. The normalized spacial score (nSPS) is 23.9. The Labute approximate surface area is 157 Å². The zero-order valence-corrected chi connectivity index (χ0v) is 15.0. The van der Waals surface area contributed by atoms with Crippen LogP contribution in [-0.4, -0.2) is 54.3 Å². The molecule has 0 aromatic heterocycles. The summed E-state index contributed by atoms with van der Waals surface area (Å²) >= 11 is 0. The van der Waals surface area contributed by atoms with Gasteiger partial charge in [-0.15, -0.1) is 0 Å². The minimum absolute atomic E-state index is 0.0178. The fourth-order valence-electron chi connectivity index (χ4n) is 3.81. The molecule has 1 aromatic rings. The van der Waals surface area contributed by atoms with E-state index in [1.165, 1.54) is 0 Å². The number of amides is 4. The molecule has 1 saturated carbocycles. The van der Waals surface area contributed by atoms with Gasteiger partial charge in [0.15, 0.2) is 5.79 Å². The predicted molar refractivity (Wildman–Crippen MR) is 94.7 cm³/mol. The van der Waals surface area contributed by atoms with Crippen molar-refractivity contribution in [2.45, 2.75) is 44.1 Å². The average molecular weight is 373 g/mol. The summed E-state index contributed by atoms with van der Waals surface area (Å²) in [5.41, 5.74) is 1.20. The maximum Gasteiger partial charge on any atom is 0.324 e. The smallest absolute Gasteiger partial charge is 0.324 e. The molecule has 2 N–H and O–H groups in total. The number of nitrogens with zero attached hydrogens (tertiary/aromatic N) is 1. The molecule has 1 unspecified atom stereocenters. The van der Waals surface area contributed by atoms with Crippen molar-refractivity contribution in [1.82, 2.24) is 15.5 Å². The average Bonchev–Trinajstić information content (AvgIpc) is 3.38. The van der Waals surface area contributed by atoms with E-state index in [2.05, 4.69) is 10.6 Å². The van der Waals surface area contributed by atoms with E-state index in [0.29, 0.717) is 18.7 Å².